The molecule has 2 heteroatoms. The number of para-hydroxylation sites is 1. The van der Waals surface area contributed by atoms with Gasteiger partial charge in [-0.3, -0.25) is 0 Å². The molecule has 0 unspecified atom stereocenters. The second-order valence-corrected chi connectivity index (χ2v) is 10.4. The first-order valence-electron chi connectivity index (χ1n) is 12.0. The number of nitrogens with zero attached hydrogens (tertiary/aromatic N) is 2. The molecule has 1 aliphatic rings. The van der Waals surface area contributed by atoms with E-state index in [1.54, 1.807) is 0 Å². The number of rotatable bonds is 2. The topological polar surface area (TPSA) is 8.81 Å². The fraction of sp³-hybridized carbons (Fsp3) is 0.258. The first kappa shape index (κ1) is 20.2. The van der Waals surface area contributed by atoms with Gasteiger partial charge in [0.25, 0.3) is 5.82 Å². The minimum atomic E-state index is 0.00374. The molecular formula is C31H31N2+. The summed E-state index contributed by atoms with van der Waals surface area (Å²) in [6, 6.07) is 24.8. The lowest BCUT2D eigenvalue weighted by Gasteiger charge is -2.21. The zero-order valence-corrected chi connectivity index (χ0v) is 20.4. The van der Waals surface area contributed by atoms with E-state index in [9.17, 15) is 0 Å². The molecule has 0 saturated heterocycles. The van der Waals surface area contributed by atoms with Crippen LogP contribution >= 0.6 is 0 Å². The van der Waals surface area contributed by atoms with Crippen LogP contribution in [0.4, 0.5) is 0 Å². The van der Waals surface area contributed by atoms with E-state index in [1.807, 2.05) is 0 Å². The molecule has 0 fully saturated rings. The van der Waals surface area contributed by atoms with E-state index in [1.165, 1.54) is 61.0 Å². The van der Waals surface area contributed by atoms with E-state index < -0.39 is 0 Å². The van der Waals surface area contributed by atoms with Gasteiger partial charge in [0.1, 0.15) is 11.0 Å². The summed E-state index contributed by atoms with van der Waals surface area (Å²) in [6.45, 7) is 11.6. The van der Waals surface area contributed by atoms with Gasteiger partial charge in [-0.1, -0.05) is 70.2 Å². The van der Waals surface area contributed by atoms with E-state index >= 15 is 0 Å². The van der Waals surface area contributed by atoms with E-state index in [0.29, 0.717) is 5.92 Å². The van der Waals surface area contributed by atoms with E-state index in [-0.39, 0.29) is 5.41 Å². The molecule has 1 aliphatic carbocycles. The van der Waals surface area contributed by atoms with Gasteiger partial charge in [0, 0.05) is 33.4 Å². The molecule has 0 bridgehead atoms. The van der Waals surface area contributed by atoms with E-state index in [2.05, 4.69) is 124 Å². The Bertz CT molecular complexity index is 1580. The lowest BCUT2D eigenvalue weighted by Crippen LogP contribution is -2.35. The maximum atomic E-state index is 2.49. The highest BCUT2D eigenvalue weighted by atomic mass is 15.1. The number of fused-ring (bicyclic) bond motifs is 6. The van der Waals surface area contributed by atoms with Crippen molar-refractivity contribution >= 4 is 21.8 Å². The smallest absolute Gasteiger partial charge is 0.236 e. The summed E-state index contributed by atoms with van der Waals surface area (Å²) in [7, 11) is 2.19. The van der Waals surface area contributed by atoms with Crippen molar-refractivity contribution in [3.8, 4) is 16.9 Å². The molecule has 0 amide bonds. The molecule has 164 valence electrons. The third-order valence-corrected chi connectivity index (χ3v) is 7.79. The zero-order valence-electron chi connectivity index (χ0n) is 20.4. The molecular weight excluding hydrogens is 400 g/mol. The average molecular weight is 432 g/mol. The fourth-order valence-corrected chi connectivity index (χ4v) is 6.09. The summed E-state index contributed by atoms with van der Waals surface area (Å²) in [5.41, 5.74) is 10.9. The summed E-state index contributed by atoms with van der Waals surface area (Å²) in [5, 5.41) is 2.64. The van der Waals surface area contributed by atoms with Crippen LogP contribution in [-0.4, -0.2) is 4.57 Å². The van der Waals surface area contributed by atoms with Gasteiger partial charge >= 0.3 is 0 Å². The van der Waals surface area contributed by atoms with E-state index in [0.717, 1.165) is 0 Å². The average Bonchev–Trinajstić information content (AvgIpc) is 3.24. The lowest BCUT2D eigenvalue weighted by molar-refractivity contribution is -0.665. The molecule has 3 aromatic carbocycles. The second-order valence-electron chi connectivity index (χ2n) is 10.4. The Kier molecular flexibility index (Phi) is 4.17. The molecule has 5 aromatic rings. The molecule has 2 heterocycles. The standard InChI is InChI=1S/C31H31N2/c1-19(2)21-15-16-24-23-12-8-10-14-28(23)33(30(24)20(21)3)29-17-25-22-11-7-9-13-26(22)31(4,5)27(25)18-32(29)6/h7-19H,1-6H3/q+1. The van der Waals surface area contributed by atoms with Crippen LogP contribution in [0.15, 0.2) is 72.9 Å². The molecule has 2 nitrogen and oxygen atoms in total. The van der Waals surface area contributed by atoms with Crippen LogP contribution < -0.4 is 4.57 Å². The van der Waals surface area contributed by atoms with Gasteiger partial charge in [-0.25, -0.2) is 4.57 Å². The summed E-state index contributed by atoms with van der Waals surface area (Å²) in [6.07, 6.45) is 2.35. The lowest BCUT2D eigenvalue weighted by atomic mass is 9.83. The summed E-state index contributed by atoms with van der Waals surface area (Å²) >= 11 is 0. The van der Waals surface area contributed by atoms with Crippen LogP contribution in [0.25, 0.3) is 38.8 Å². The predicted octanol–water partition coefficient (Wildman–Crippen LogP) is 7.35. The highest BCUT2D eigenvalue weighted by Gasteiger charge is 2.38. The van der Waals surface area contributed by atoms with Crippen LogP contribution in [-0.2, 0) is 12.5 Å². The number of aromatic nitrogens is 2. The molecule has 0 atom stereocenters. The van der Waals surface area contributed by atoms with Crippen molar-refractivity contribution in [2.75, 3.05) is 0 Å². The fourth-order valence-electron chi connectivity index (χ4n) is 6.09. The quantitative estimate of drug-likeness (QED) is 0.258. The summed E-state index contributed by atoms with van der Waals surface area (Å²) in [5.74, 6) is 1.69. The third-order valence-electron chi connectivity index (χ3n) is 7.79. The van der Waals surface area contributed by atoms with Crippen molar-refractivity contribution in [1.29, 1.82) is 0 Å². The highest BCUT2D eigenvalue weighted by molar-refractivity contribution is 6.10. The molecule has 0 aliphatic heterocycles. The first-order chi connectivity index (χ1) is 15.8. The minimum Gasteiger partial charge on any atom is -0.236 e. The Balaban J connectivity index is 1.75. The molecule has 0 saturated carbocycles. The molecule has 0 N–H and O–H groups in total. The zero-order chi connectivity index (χ0) is 23.1. The van der Waals surface area contributed by atoms with Gasteiger partial charge in [-0.2, -0.15) is 4.57 Å². The maximum Gasteiger partial charge on any atom is 0.287 e. The van der Waals surface area contributed by atoms with Crippen molar-refractivity contribution in [2.24, 2.45) is 7.05 Å². The van der Waals surface area contributed by atoms with Gasteiger partial charge in [0.2, 0.25) is 0 Å². The van der Waals surface area contributed by atoms with Crippen LogP contribution in [0.3, 0.4) is 0 Å². The Morgan fingerprint density at radius 2 is 1.55 bits per heavy atom. The van der Waals surface area contributed by atoms with Crippen molar-refractivity contribution < 1.29 is 4.57 Å². The number of benzene rings is 3. The van der Waals surface area contributed by atoms with Crippen LogP contribution in [0.1, 0.15) is 55.9 Å². The van der Waals surface area contributed by atoms with Gasteiger partial charge in [0.05, 0.1) is 13.2 Å². The molecule has 6 rings (SSSR count). The number of hydrogen-bond acceptors (Lipinski definition) is 0. The number of hydrogen-bond donors (Lipinski definition) is 0. The number of pyridine rings is 1. The Labute approximate surface area is 196 Å². The van der Waals surface area contributed by atoms with Crippen molar-refractivity contribution in [3.05, 3.63) is 95.2 Å². The van der Waals surface area contributed by atoms with Crippen LogP contribution in [0.2, 0.25) is 0 Å². The van der Waals surface area contributed by atoms with Crippen molar-refractivity contribution in [2.45, 2.75) is 46.0 Å². The van der Waals surface area contributed by atoms with Gasteiger partial charge in [0.15, 0.2) is 0 Å². The molecule has 0 radical (unpaired) electrons. The monoisotopic (exact) mass is 431 g/mol. The second kappa shape index (κ2) is 6.81. The Hall–Kier alpha value is -3.39. The van der Waals surface area contributed by atoms with Crippen molar-refractivity contribution in [1.82, 2.24) is 4.57 Å². The summed E-state index contributed by atoms with van der Waals surface area (Å²) in [4.78, 5) is 0. The maximum absolute atomic E-state index is 2.49. The normalized spacial score (nSPS) is 14.3. The number of aryl methyl sites for hydroxylation is 2. The summed E-state index contributed by atoms with van der Waals surface area (Å²) < 4.78 is 4.81. The molecule has 33 heavy (non-hydrogen) atoms. The van der Waals surface area contributed by atoms with Crippen molar-refractivity contribution in [3.63, 3.8) is 0 Å². The van der Waals surface area contributed by atoms with Gasteiger partial charge in [-0.15, -0.1) is 0 Å². The largest absolute Gasteiger partial charge is 0.287 e. The van der Waals surface area contributed by atoms with E-state index in [4.69, 9.17) is 0 Å². The Morgan fingerprint density at radius 3 is 2.33 bits per heavy atom. The van der Waals surface area contributed by atoms with Crippen LogP contribution in [0, 0.1) is 6.92 Å². The van der Waals surface area contributed by atoms with Gasteiger partial charge < -0.3 is 0 Å². The Morgan fingerprint density at radius 1 is 0.818 bits per heavy atom. The third kappa shape index (κ3) is 2.64. The molecule has 2 aromatic heterocycles. The SMILES string of the molecule is Cc1c(C(C)C)ccc2c3ccccc3n(-c3cc4c(c[n+]3C)C(C)(C)c3ccccc3-4)c12. The highest BCUT2D eigenvalue weighted by Crippen LogP contribution is 2.48. The predicted molar refractivity (Wildman–Crippen MR) is 138 cm³/mol. The minimum absolute atomic E-state index is 0.00374. The van der Waals surface area contributed by atoms with Crippen LogP contribution in [0.5, 0.6) is 0 Å². The molecule has 0 spiro atoms. The first-order valence-corrected chi connectivity index (χ1v) is 12.0. The van der Waals surface area contributed by atoms with Gasteiger partial charge in [-0.05, 0) is 53.3 Å².